The fourth-order valence-electron chi connectivity index (χ4n) is 2.40. The third-order valence-corrected chi connectivity index (χ3v) is 3.29. The van der Waals surface area contributed by atoms with Gasteiger partial charge >= 0.3 is 0 Å². The molecule has 3 unspecified atom stereocenters. The molecule has 0 amide bonds. The lowest BCUT2D eigenvalue weighted by Gasteiger charge is -2.27. The Morgan fingerprint density at radius 2 is 1.78 bits per heavy atom. The first-order valence-electron chi connectivity index (χ1n) is 6.64. The monoisotopic (exact) mass is 258 g/mol. The van der Waals surface area contributed by atoms with E-state index in [1.165, 1.54) is 0 Å². The van der Waals surface area contributed by atoms with Gasteiger partial charge < -0.3 is 24.4 Å². The molecule has 2 N–H and O–H groups in total. The topological polar surface area (TPSA) is 68.2 Å². The quantitative estimate of drug-likeness (QED) is 0.357. The number of aliphatic hydroxyl groups excluding tert-OH is 2. The van der Waals surface area contributed by atoms with Crippen molar-refractivity contribution in [2.75, 3.05) is 26.4 Å². The molecule has 5 heteroatoms. The SMILES string of the molecule is OCCCOC(OCCCO)C1CC2C=CC1O2. The van der Waals surface area contributed by atoms with Crippen LogP contribution in [0.1, 0.15) is 19.3 Å². The number of aliphatic hydroxyl groups is 2. The lowest BCUT2D eigenvalue weighted by atomic mass is 9.93. The lowest BCUT2D eigenvalue weighted by Crippen LogP contribution is -2.33. The van der Waals surface area contributed by atoms with Gasteiger partial charge in [0.25, 0.3) is 0 Å². The standard InChI is InChI=1S/C13H22O5/c14-5-1-7-16-13(17-8-2-6-15)11-9-10-3-4-12(11)18-10/h3-4,10-15H,1-2,5-9H2. The van der Waals surface area contributed by atoms with Crippen molar-refractivity contribution in [3.63, 3.8) is 0 Å². The maximum absolute atomic E-state index is 8.77. The van der Waals surface area contributed by atoms with Crippen molar-refractivity contribution >= 4 is 0 Å². The van der Waals surface area contributed by atoms with Gasteiger partial charge in [0.15, 0.2) is 6.29 Å². The predicted molar refractivity (Wildman–Crippen MR) is 65.0 cm³/mol. The summed E-state index contributed by atoms with van der Waals surface area (Å²) in [5.74, 6) is 0.220. The van der Waals surface area contributed by atoms with E-state index < -0.39 is 0 Å². The highest BCUT2D eigenvalue weighted by Crippen LogP contribution is 2.37. The molecule has 2 aliphatic rings. The van der Waals surface area contributed by atoms with Crippen LogP contribution in [0, 0.1) is 5.92 Å². The molecule has 2 aliphatic heterocycles. The average molecular weight is 258 g/mol. The van der Waals surface area contributed by atoms with E-state index in [2.05, 4.69) is 12.2 Å². The van der Waals surface area contributed by atoms with Crippen LogP contribution < -0.4 is 0 Å². The fourth-order valence-corrected chi connectivity index (χ4v) is 2.40. The lowest BCUT2D eigenvalue weighted by molar-refractivity contribution is -0.179. The number of ether oxygens (including phenoxy) is 3. The van der Waals surface area contributed by atoms with Crippen molar-refractivity contribution in [3.8, 4) is 0 Å². The smallest absolute Gasteiger partial charge is 0.163 e. The van der Waals surface area contributed by atoms with Gasteiger partial charge in [0.2, 0.25) is 0 Å². The van der Waals surface area contributed by atoms with Crippen molar-refractivity contribution in [1.82, 2.24) is 0 Å². The van der Waals surface area contributed by atoms with Gasteiger partial charge in [0.05, 0.1) is 25.4 Å². The molecule has 2 bridgehead atoms. The van der Waals surface area contributed by atoms with Crippen LogP contribution in [-0.2, 0) is 14.2 Å². The van der Waals surface area contributed by atoms with Crippen LogP contribution in [0.15, 0.2) is 12.2 Å². The van der Waals surface area contributed by atoms with Crippen molar-refractivity contribution < 1.29 is 24.4 Å². The average Bonchev–Trinajstić information content (AvgIpc) is 2.99. The number of fused-ring (bicyclic) bond motifs is 2. The largest absolute Gasteiger partial charge is 0.396 e. The zero-order chi connectivity index (χ0) is 12.8. The molecular formula is C13H22O5. The molecule has 0 aromatic carbocycles. The van der Waals surface area contributed by atoms with Gasteiger partial charge in [-0.1, -0.05) is 12.2 Å². The minimum atomic E-state index is -0.303. The van der Waals surface area contributed by atoms with Gasteiger partial charge in [0, 0.05) is 19.1 Å². The second kappa shape index (κ2) is 7.21. The molecule has 5 nitrogen and oxygen atoms in total. The fraction of sp³-hybridized carbons (Fsp3) is 0.846. The minimum Gasteiger partial charge on any atom is -0.396 e. The van der Waals surface area contributed by atoms with Gasteiger partial charge in [-0.05, 0) is 19.3 Å². The van der Waals surface area contributed by atoms with Gasteiger partial charge in [-0.25, -0.2) is 0 Å². The number of rotatable bonds is 9. The van der Waals surface area contributed by atoms with E-state index in [1.807, 2.05) is 0 Å². The molecule has 0 aliphatic carbocycles. The molecular weight excluding hydrogens is 236 g/mol. The molecule has 0 spiro atoms. The van der Waals surface area contributed by atoms with E-state index in [0.29, 0.717) is 26.1 Å². The first-order valence-corrected chi connectivity index (χ1v) is 6.64. The molecule has 0 radical (unpaired) electrons. The normalized spacial score (nSPS) is 29.6. The first kappa shape index (κ1) is 14.0. The van der Waals surface area contributed by atoms with Crippen LogP contribution in [0.25, 0.3) is 0 Å². The Morgan fingerprint density at radius 1 is 1.11 bits per heavy atom. The van der Waals surface area contributed by atoms with Gasteiger partial charge in [-0.3, -0.25) is 0 Å². The summed E-state index contributed by atoms with van der Waals surface area (Å²) in [6, 6.07) is 0. The summed E-state index contributed by atoms with van der Waals surface area (Å²) >= 11 is 0. The maximum atomic E-state index is 8.77. The molecule has 2 heterocycles. The second-order valence-electron chi connectivity index (χ2n) is 4.69. The van der Waals surface area contributed by atoms with Crippen LogP contribution in [0.3, 0.4) is 0 Å². The Hall–Kier alpha value is -0.460. The maximum Gasteiger partial charge on any atom is 0.163 e. The summed E-state index contributed by atoms with van der Waals surface area (Å²) in [4.78, 5) is 0. The molecule has 18 heavy (non-hydrogen) atoms. The van der Waals surface area contributed by atoms with E-state index >= 15 is 0 Å². The second-order valence-corrected chi connectivity index (χ2v) is 4.69. The van der Waals surface area contributed by atoms with E-state index in [4.69, 9.17) is 24.4 Å². The van der Waals surface area contributed by atoms with Crippen LogP contribution in [0.5, 0.6) is 0 Å². The zero-order valence-electron chi connectivity index (χ0n) is 10.5. The van der Waals surface area contributed by atoms with E-state index in [-0.39, 0.29) is 37.6 Å². The Kier molecular flexibility index (Phi) is 5.59. The highest BCUT2D eigenvalue weighted by atomic mass is 16.7. The van der Waals surface area contributed by atoms with Crippen LogP contribution in [0.4, 0.5) is 0 Å². The molecule has 3 atom stereocenters. The minimum absolute atomic E-state index is 0.0863. The molecule has 1 saturated heterocycles. The molecule has 1 fully saturated rings. The third kappa shape index (κ3) is 3.52. The molecule has 0 saturated carbocycles. The van der Waals surface area contributed by atoms with Crippen LogP contribution in [-0.4, -0.2) is 55.1 Å². The summed E-state index contributed by atoms with van der Waals surface area (Å²) in [7, 11) is 0. The number of hydrogen-bond acceptors (Lipinski definition) is 5. The van der Waals surface area contributed by atoms with E-state index in [1.54, 1.807) is 0 Å². The molecule has 0 aromatic heterocycles. The Bertz CT molecular complexity index is 258. The van der Waals surface area contributed by atoms with Crippen molar-refractivity contribution in [1.29, 1.82) is 0 Å². The highest BCUT2D eigenvalue weighted by molar-refractivity contribution is 5.11. The Labute approximate surface area is 107 Å². The Morgan fingerprint density at radius 3 is 2.22 bits per heavy atom. The van der Waals surface area contributed by atoms with Crippen LogP contribution in [0.2, 0.25) is 0 Å². The van der Waals surface area contributed by atoms with Gasteiger partial charge in [0.1, 0.15) is 0 Å². The molecule has 2 rings (SSSR count). The number of hydrogen-bond donors (Lipinski definition) is 2. The van der Waals surface area contributed by atoms with Crippen molar-refractivity contribution in [2.24, 2.45) is 5.92 Å². The predicted octanol–water partition coefficient (Wildman–Crippen LogP) is 0.454. The van der Waals surface area contributed by atoms with Gasteiger partial charge in [-0.15, -0.1) is 0 Å². The third-order valence-electron chi connectivity index (χ3n) is 3.29. The summed E-state index contributed by atoms with van der Waals surface area (Å²) in [5, 5.41) is 17.5. The molecule has 104 valence electrons. The Balaban J connectivity index is 1.81. The van der Waals surface area contributed by atoms with E-state index in [0.717, 1.165) is 6.42 Å². The summed E-state index contributed by atoms with van der Waals surface area (Å²) in [6.45, 7) is 1.21. The highest BCUT2D eigenvalue weighted by Gasteiger charge is 2.42. The summed E-state index contributed by atoms with van der Waals surface area (Å²) in [6.07, 6.45) is 6.27. The first-order chi connectivity index (χ1) is 8.85. The van der Waals surface area contributed by atoms with Crippen molar-refractivity contribution in [3.05, 3.63) is 12.2 Å². The van der Waals surface area contributed by atoms with Crippen molar-refractivity contribution in [2.45, 2.75) is 37.8 Å². The van der Waals surface area contributed by atoms with Gasteiger partial charge in [-0.2, -0.15) is 0 Å². The van der Waals surface area contributed by atoms with Crippen LogP contribution >= 0.6 is 0 Å². The summed E-state index contributed by atoms with van der Waals surface area (Å²) < 4.78 is 17.1. The zero-order valence-corrected chi connectivity index (χ0v) is 10.5. The molecule has 0 aromatic rings. The summed E-state index contributed by atoms with van der Waals surface area (Å²) in [5.41, 5.74) is 0. The van der Waals surface area contributed by atoms with E-state index in [9.17, 15) is 0 Å².